The number of hydrogen-bond acceptors (Lipinski definition) is 6. The van der Waals surface area contributed by atoms with E-state index in [1.807, 2.05) is 18.2 Å². The van der Waals surface area contributed by atoms with Gasteiger partial charge in [0, 0.05) is 22.9 Å². The minimum atomic E-state index is -0.312. The monoisotopic (exact) mass is 455 g/mol. The Hall–Kier alpha value is -2.45. The summed E-state index contributed by atoms with van der Waals surface area (Å²) < 4.78 is 6.06. The summed E-state index contributed by atoms with van der Waals surface area (Å²) in [6.45, 7) is 1.11. The Morgan fingerprint density at radius 1 is 1.16 bits per heavy atom. The maximum atomic E-state index is 13.0. The molecule has 1 N–H and O–H groups in total. The number of benzene rings is 1. The van der Waals surface area contributed by atoms with Crippen molar-refractivity contribution < 1.29 is 14.3 Å². The first kappa shape index (κ1) is 20.5. The zero-order valence-electron chi connectivity index (χ0n) is 17.5. The van der Waals surface area contributed by atoms with Crippen molar-refractivity contribution in [1.82, 2.24) is 9.88 Å². The van der Waals surface area contributed by atoms with E-state index in [0.717, 1.165) is 62.8 Å². The molecule has 1 saturated carbocycles. The number of fused-ring (bicyclic) bond motifs is 2. The standard InChI is InChI=1S/C23H25N3O3S2/c1-29-23(28)26-12-11-15-18(13-26)31-22(25-20(27)14-7-3-2-4-8-14)19(15)21-24-16-9-5-6-10-17(16)30-21/h5-6,9-10,14H,2-4,7-8,11-13H2,1H3,(H,25,27). The number of para-hydroxylation sites is 1. The second-order valence-corrected chi connectivity index (χ2v) is 10.3. The Kier molecular flexibility index (Phi) is 5.67. The number of thiophene rings is 1. The minimum absolute atomic E-state index is 0.0858. The van der Waals surface area contributed by atoms with E-state index >= 15 is 0 Å². The summed E-state index contributed by atoms with van der Waals surface area (Å²) in [6.07, 6.45) is 5.80. The number of anilines is 1. The zero-order chi connectivity index (χ0) is 21.4. The molecule has 2 aliphatic rings. The molecule has 1 aliphatic carbocycles. The topological polar surface area (TPSA) is 71.5 Å². The van der Waals surface area contributed by atoms with Crippen LogP contribution in [0.3, 0.4) is 0 Å². The Labute approximate surface area is 189 Å². The highest BCUT2D eigenvalue weighted by atomic mass is 32.1. The molecule has 3 aromatic rings. The van der Waals surface area contributed by atoms with E-state index in [1.54, 1.807) is 27.6 Å². The number of carbonyl (C=O) groups is 2. The summed E-state index contributed by atoms with van der Waals surface area (Å²) in [6, 6.07) is 8.12. The van der Waals surface area contributed by atoms with E-state index in [0.29, 0.717) is 13.1 Å². The lowest BCUT2D eigenvalue weighted by atomic mass is 9.88. The van der Waals surface area contributed by atoms with Crippen molar-refractivity contribution in [3.05, 3.63) is 34.7 Å². The lowest BCUT2D eigenvalue weighted by Crippen LogP contribution is -2.35. The highest BCUT2D eigenvalue weighted by molar-refractivity contribution is 7.22. The SMILES string of the molecule is COC(=O)N1CCc2c(sc(NC(=O)C3CCCCC3)c2-c2nc3ccccc3s2)C1. The quantitative estimate of drug-likeness (QED) is 0.552. The molecule has 0 spiro atoms. The first-order valence-electron chi connectivity index (χ1n) is 10.8. The third-order valence-electron chi connectivity index (χ3n) is 6.21. The number of thiazole rings is 1. The van der Waals surface area contributed by atoms with Gasteiger partial charge in [0.05, 0.1) is 23.9 Å². The van der Waals surface area contributed by atoms with Crippen LogP contribution in [0.15, 0.2) is 24.3 Å². The zero-order valence-corrected chi connectivity index (χ0v) is 19.1. The van der Waals surface area contributed by atoms with Gasteiger partial charge in [-0.25, -0.2) is 9.78 Å². The van der Waals surface area contributed by atoms with Crippen molar-refractivity contribution in [2.45, 2.75) is 45.1 Å². The molecule has 31 heavy (non-hydrogen) atoms. The Morgan fingerprint density at radius 2 is 1.97 bits per heavy atom. The molecule has 5 rings (SSSR count). The van der Waals surface area contributed by atoms with Crippen LogP contribution in [-0.4, -0.2) is 35.5 Å². The Bertz CT molecular complexity index is 1100. The molecule has 0 radical (unpaired) electrons. The number of methoxy groups -OCH3 is 1. The number of carbonyl (C=O) groups excluding carboxylic acids is 2. The molecule has 2 amide bonds. The third kappa shape index (κ3) is 3.94. The number of ether oxygens (including phenoxy) is 1. The van der Waals surface area contributed by atoms with Crippen molar-refractivity contribution in [3.63, 3.8) is 0 Å². The number of aromatic nitrogens is 1. The highest BCUT2D eigenvalue weighted by Gasteiger charge is 2.31. The van der Waals surface area contributed by atoms with E-state index in [-0.39, 0.29) is 17.9 Å². The van der Waals surface area contributed by atoms with Gasteiger partial charge in [-0.2, -0.15) is 0 Å². The van der Waals surface area contributed by atoms with Gasteiger partial charge in [0.25, 0.3) is 0 Å². The third-order valence-corrected chi connectivity index (χ3v) is 8.40. The summed E-state index contributed by atoms with van der Waals surface area (Å²) in [5, 5.41) is 5.05. The van der Waals surface area contributed by atoms with Crippen LogP contribution < -0.4 is 5.32 Å². The van der Waals surface area contributed by atoms with Gasteiger partial charge in [-0.15, -0.1) is 22.7 Å². The molecule has 1 aliphatic heterocycles. The fourth-order valence-electron chi connectivity index (χ4n) is 4.56. The molecule has 2 aromatic heterocycles. The highest BCUT2D eigenvalue weighted by Crippen LogP contribution is 2.46. The van der Waals surface area contributed by atoms with E-state index in [9.17, 15) is 9.59 Å². The van der Waals surface area contributed by atoms with E-state index in [4.69, 9.17) is 9.72 Å². The van der Waals surface area contributed by atoms with Crippen molar-refractivity contribution in [1.29, 1.82) is 0 Å². The predicted molar refractivity (Wildman–Crippen MR) is 125 cm³/mol. The van der Waals surface area contributed by atoms with Crippen LogP contribution in [0.2, 0.25) is 0 Å². The molecular formula is C23H25N3O3S2. The number of rotatable bonds is 3. The normalized spacial score (nSPS) is 16.9. The lowest BCUT2D eigenvalue weighted by Gasteiger charge is -2.25. The summed E-state index contributed by atoms with van der Waals surface area (Å²) in [4.78, 5) is 32.8. The van der Waals surface area contributed by atoms with Crippen LogP contribution in [0.25, 0.3) is 20.8 Å². The van der Waals surface area contributed by atoms with Crippen molar-refractivity contribution in [3.8, 4) is 10.6 Å². The molecule has 162 valence electrons. The van der Waals surface area contributed by atoms with Gasteiger partial charge >= 0.3 is 6.09 Å². The molecule has 3 heterocycles. The van der Waals surface area contributed by atoms with Crippen LogP contribution in [0.1, 0.15) is 42.5 Å². The van der Waals surface area contributed by atoms with Crippen LogP contribution in [-0.2, 0) is 22.5 Å². The summed E-state index contributed by atoms with van der Waals surface area (Å²) in [7, 11) is 1.41. The molecule has 0 atom stereocenters. The summed E-state index contributed by atoms with van der Waals surface area (Å²) >= 11 is 3.23. The molecule has 0 bridgehead atoms. The Morgan fingerprint density at radius 3 is 2.74 bits per heavy atom. The first-order chi connectivity index (χ1) is 15.1. The van der Waals surface area contributed by atoms with Crippen molar-refractivity contribution in [2.24, 2.45) is 5.92 Å². The molecular weight excluding hydrogens is 430 g/mol. The number of nitrogens with zero attached hydrogens (tertiary/aromatic N) is 2. The van der Waals surface area contributed by atoms with Gasteiger partial charge in [0.2, 0.25) is 5.91 Å². The average molecular weight is 456 g/mol. The summed E-state index contributed by atoms with van der Waals surface area (Å²) in [5.41, 5.74) is 3.21. The molecule has 0 unspecified atom stereocenters. The van der Waals surface area contributed by atoms with Gasteiger partial charge in [-0.05, 0) is 37.0 Å². The van der Waals surface area contributed by atoms with Gasteiger partial charge in [-0.1, -0.05) is 31.4 Å². The largest absolute Gasteiger partial charge is 0.453 e. The molecule has 6 nitrogen and oxygen atoms in total. The maximum Gasteiger partial charge on any atom is 0.409 e. The fraction of sp³-hybridized carbons (Fsp3) is 0.435. The van der Waals surface area contributed by atoms with Crippen LogP contribution in [0.4, 0.5) is 9.80 Å². The maximum absolute atomic E-state index is 13.0. The fourth-order valence-corrected chi connectivity index (χ4v) is 6.94. The smallest absolute Gasteiger partial charge is 0.409 e. The number of nitrogens with one attached hydrogen (secondary N) is 1. The lowest BCUT2D eigenvalue weighted by molar-refractivity contribution is -0.120. The predicted octanol–water partition coefficient (Wildman–Crippen LogP) is 5.67. The molecule has 8 heteroatoms. The average Bonchev–Trinajstić information content (AvgIpc) is 3.38. The number of amides is 2. The van der Waals surface area contributed by atoms with Crippen molar-refractivity contribution in [2.75, 3.05) is 19.0 Å². The molecule has 0 saturated heterocycles. The molecule has 1 fully saturated rings. The second kappa shape index (κ2) is 8.59. The van der Waals surface area contributed by atoms with Gasteiger partial charge in [0.1, 0.15) is 10.0 Å². The van der Waals surface area contributed by atoms with Gasteiger partial charge in [0.15, 0.2) is 0 Å². The first-order valence-corrected chi connectivity index (χ1v) is 12.4. The summed E-state index contributed by atoms with van der Waals surface area (Å²) in [5.74, 6) is 0.202. The minimum Gasteiger partial charge on any atom is -0.453 e. The second-order valence-electron chi connectivity index (χ2n) is 8.16. The van der Waals surface area contributed by atoms with Crippen LogP contribution >= 0.6 is 22.7 Å². The van der Waals surface area contributed by atoms with Crippen LogP contribution in [0.5, 0.6) is 0 Å². The van der Waals surface area contributed by atoms with E-state index in [2.05, 4.69) is 11.4 Å². The van der Waals surface area contributed by atoms with Gasteiger partial charge in [-0.3, -0.25) is 4.79 Å². The number of hydrogen-bond donors (Lipinski definition) is 1. The Balaban J connectivity index is 1.53. The van der Waals surface area contributed by atoms with Gasteiger partial charge < -0.3 is 15.0 Å². The van der Waals surface area contributed by atoms with Crippen LogP contribution in [0, 0.1) is 5.92 Å². The van der Waals surface area contributed by atoms with E-state index in [1.165, 1.54) is 19.1 Å². The van der Waals surface area contributed by atoms with Crippen molar-refractivity contribution >= 4 is 49.9 Å². The molecule has 1 aromatic carbocycles. The van der Waals surface area contributed by atoms with E-state index < -0.39 is 0 Å².